The minimum Gasteiger partial charge on any atom is -0.256 e. The first-order chi connectivity index (χ1) is 22.3. The molecule has 220 valence electrons. The van der Waals surface area contributed by atoms with Gasteiger partial charge >= 0.3 is 0 Å². The molecule has 0 atom stereocenters. The maximum Gasteiger partial charge on any atom is 0.165 e. The molecule has 3 heterocycles. The van der Waals surface area contributed by atoms with Crippen molar-refractivity contribution in [2.45, 2.75) is 38.5 Å². The van der Waals surface area contributed by atoms with Crippen LogP contribution in [0, 0.1) is 0 Å². The van der Waals surface area contributed by atoms with Crippen molar-refractivity contribution in [3.05, 3.63) is 138 Å². The maximum absolute atomic E-state index is 5.13. The Balaban J connectivity index is 1.22. The van der Waals surface area contributed by atoms with Gasteiger partial charge in [-0.2, -0.15) is 0 Å². The second-order valence-corrected chi connectivity index (χ2v) is 13.4. The largest absolute Gasteiger partial charge is 0.256 e. The van der Waals surface area contributed by atoms with Crippen LogP contribution in [0.25, 0.3) is 67.5 Å². The predicted molar refractivity (Wildman–Crippen MR) is 184 cm³/mol. The average Bonchev–Trinajstić information content (AvgIpc) is 3.46. The molecule has 2 aliphatic rings. The normalized spacial score (nSPS) is 14.9. The smallest absolute Gasteiger partial charge is 0.165 e. The third-order valence-electron chi connectivity index (χ3n) is 10.0. The van der Waals surface area contributed by atoms with Gasteiger partial charge < -0.3 is 0 Å². The summed E-state index contributed by atoms with van der Waals surface area (Å²) in [5, 5.41) is 2.26. The molecule has 4 aromatic carbocycles. The Bertz CT molecular complexity index is 2370. The molecule has 5 nitrogen and oxygen atoms in total. The Morgan fingerprint density at radius 3 is 1.87 bits per heavy atom. The summed E-state index contributed by atoms with van der Waals surface area (Å²) in [6, 6.07) is 36.0. The Kier molecular flexibility index (Phi) is 5.52. The van der Waals surface area contributed by atoms with Gasteiger partial charge in [0.1, 0.15) is 0 Å². The van der Waals surface area contributed by atoms with Crippen LogP contribution in [-0.2, 0) is 10.8 Å². The fourth-order valence-electron chi connectivity index (χ4n) is 7.48. The molecule has 0 bridgehead atoms. The first kappa shape index (κ1) is 26.8. The van der Waals surface area contributed by atoms with Crippen LogP contribution in [0.2, 0.25) is 0 Å². The third kappa shape index (κ3) is 3.78. The Morgan fingerprint density at radius 2 is 1.09 bits per heavy atom. The van der Waals surface area contributed by atoms with Gasteiger partial charge in [0.25, 0.3) is 0 Å². The van der Waals surface area contributed by atoms with E-state index in [4.69, 9.17) is 24.9 Å². The Hall–Kier alpha value is -5.55. The molecule has 9 rings (SSSR count). The molecule has 7 aromatic rings. The first-order valence-electron chi connectivity index (χ1n) is 15.8. The number of fused-ring (bicyclic) bond motifs is 7. The minimum atomic E-state index is -0.266. The van der Waals surface area contributed by atoms with Crippen LogP contribution in [-0.4, -0.2) is 24.9 Å². The molecule has 0 amide bonds. The van der Waals surface area contributed by atoms with Gasteiger partial charge in [-0.1, -0.05) is 107 Å². The molecule has 0 aliphatic heterocycles. The van der Waals surface area contributed by atoms with Gasteiger partial charge in [-0.3, -0.25) is 9.97 Å². The minimum absolute atomic E-state index is 0.127. The van der Waals surface area contributed by atoms with Crippen molar-refractivity contribution in [2.24, 2.45) is 0 Å². The highest BCUT2D eigenvalue weighted by atomic mass is 15.0. The van der Waals surface area contributed by atoms with Crippen molar-refractivity contribution in [1.29, 1.82) is 0 Å². The highest BCUT2D eigenvalue weighted by Gasteiger charge is 2.42. The van der Waals surface area contributed by atoms with Crippen LogP contribution in [0.5, 0.6) is 0 Å². The van der Waals surface area contributed by atoms with Crippen molar-refractivity contribution < 1.29 is 0 Å². The van der Waals surface area contributed by atoms with Crippen molar-refractivity contribution in [3.8, 4) is 56.7 Å². The zero-order chi connectivity index (χ0) is 31.2. The second kappa shape index (κ2) is 9.48. The molecular weight excluding hydrogens is 562 g/mol. The molecule has 46 heavy (non-hydrogen) atoms. The second-order valence-electron chi connectivity index (χ2n) is 13.4. The van der Waals surface area contributed by atoms with Crippen LogP contribution in [0.4, 0.5) is 0 Å². The third-order valence-corrected chi connectivity index (χ3v) is 10.0. The zero-order valence-electron chi connectivity index (χ0n) is 26.2. The summed E-state index contributed by atoms with van der Waals surface area (Å²) in [4.78, 5) is 25.1. The zero-order valence-corrected chi connectivity index (χ0v) is 26.2. The number of benzene rings is 4. The molecule has 0 N–H and O–H groups in total. The molecule has 0 radical (unpaired) electrons. The molecule has 0 saturated carbocycles. The van der Waals surface area contributed by atoms with E-state index >= 15 is 0 Å². The Labute approximate surface area is 268 Å². The lowest BCUT2D eigenvalue weighted by Gasteiger charge is -2.24. The van der Waals surface area contributed by atoms with E-state index in [2.05, 4.69) is 94.4 Å². The standard InChI is InChI=1S/C41H31N5/c1-40(2)31-18-11-19-42-35(31)29-21-33-30(22-32(29)40)36-34(41(33,3)4)20-26(23-43-36)38-44-37(25-13-6-5-7-14-25)45-39(46-38)28-17-10-15-24-12-8-9-16-27(24)28/h5-23H,1-4H3. The SMILES string of the molecule is CC1(C)c2cc3c(cc2-c2ncccc21)C(C)(C)c1cc(-c2nc(-c4ccccc4)nc(-c4cccc5ccccc45)n2)cnc1-3. The Morgan fingerprint density at radius 1 is 0.457 bits per heavy atom. The number of nitrogens with zero attached hydrogens (tertiary/aromatic N) is 5. The monoisotopic (exact) mass is 593 g/mol. The van der Waals surface area contributed by atoms with Crippen LogP contribution in [0.3, 0.4) is 0 Å². The van der Waals surface area contributed by atoms with Crippen LogP contribution in [0.15, 0.2) is 116 Å². The van der Waals surface area contributed by atoms with Gasteiger partial charge in [0.05, 0.1) is 11.4 Å². The van der Waals surface area contributed by atoms with Crippen molar-refractivity contribution in [3.63, 3.8) is 0 Å². The van der Waals surface area contributed by atoms with E-state index in [1.165, 1.54) is 33.4 Å². The van der Waals surface area contributed by atoms with E-state index in [-0.39, 0.29) is 10.8 Å². The number of aromatic nitrogens is 5. The fraction of sp³-hybridized carbons (Fsp3) is 0.146. The molecule has 2 aliphatic carbocycles. The highest BCUT2D eigenvalue weighted by molar-refractivity contribution is 5.95. The number of pyridine rings is 2. The summed E-state index contributed by atoms with van der Waals surface area (Å²) in [5.41, 5.74) is 12.0. The first-order valence-corrected chi connectivity index (χ1v) is 15.8. The number of hydrogen-bond acceptors (Lipinski definition) is 5. The lowest BCUT2D eigenvalue weighted by Crippen LogP contribution is -2.17. The fourth-order valence-corrected chi connectivity index (χ4v) is 7.48. The summed E-state index contributed by atoms with van der Waals surface area (Å²) in [6.45, 7) is 9.17. The summed E-state index contributed by atoms with van der Waals surface area (Å²) in [5.74, 6) is 1.90. The van der Waals surface area contributed by atoms with E-state index in [0.29, 0.717) is 17.5 Å². The number of hydrogen-bond donors (Lipinski definition) is 0. The van der Waals surface area contributed by atoms with Crippen LogP contribution in [0.1, 0.15) is 49.9 Å². The predicted octanol–water partition coefficient (Wildman–Crippen LogP) is 9.43. The van der Waals surface area contributed by atoms with Crippen molar-refractivity contribution in [2.75, 3.05) is 0 Å². The topological polar surface area (TPSA) is 64.5 Å². The summed E-state index contributed by atoms with van der Waals surface area (Å²) < 4.78 is 0. The maximum atomic E-state index is 5.13. The van der Waals surface area contributed by atoms with E-state index in [1.807, 2.05) is 48.8 Å². The van der Waals surface area contributed by atoms with Crippen molar-refractivity contribution >= 4 is 10.8 Å². The lowest BCUT2D eigenvalue weighted by atomic mass is 9.79. The quantitative estimate of drug-likeness (QED) is 0.204. The molecule has 0 unspecified atom stereocenters. The van der Waals surface area contributed by atoms with Gasteiger partial charge in [0.15, 0.2) is 17.5 Å². The number of rotatable bonds is 3. The van der Waals surface area contributed by atoms with Crippen LogP contribution < -0.4 is 0 Å². The summed E-state index contributed by atoms with van der Waals surface area (Å²) in [6.07, 6.45) is 3.82. The van der Waals surface area contributed by atoms with Gasteiger partial charge in [0, 0.05) is 51.0 Å². The van der Waals surface area contributed by atoms with E-state index in [9.17, 15) is 0 Å². The molecule has 5 heteroatoms. The van der Waals surface area contributed by atoms with E-state index in [0.717, 1.165) is 38.9 Å². The summed E-state index contributed by atoms with van der Waals surface area (Å²) >= 11 is 0. The molecular formula is C41H31N5. The molecule has 0 saturated heterocycles. The average molecular weight is 594 g/mol. The van der Waals surface area contributed by atoms with Gasteiger partial charge in [0.2, 0.25) is 0 Å². The van der Waals surface area contributed by atoms with Crippen molar-refractivity contribution in [1.82, 2.24) is 24.9 Å². The highest BCUT2D eigenvalue weighted by Crippen LogP contribution is 2.55. The lowest BCUT2D eigenvalue weighted by molar-refractivity contribution is 0.651. The summed E-state index contributed by atoms with van der Waals surface area (Å²) in [7, 11) is 0. The van der Waals surface area contributed by atoms with Crippen LogP contribution >= 0.6 is 0 Å². The van der Waals surface area contributed by atoms with Gasteiger partial charge in [-0.25, -0.2) is 15.0 Å². The molecule has 3 aromatic heterocycles. The molecule has 0 spiro atoms. The van der Waals surface area contributed by atoms with Gasteiger partial charge in [-0.05, 0) is 57.3 Å². The molecule has 0 fully saturated rings. The van der Waals surface area contributed by atoms with E-state index < -0.39 is 0 Å². The van der Waals surface area contributed by atoms with Gasteiger partial charge in [-0.15, -0.1) is 0 Å². The van der Waals surface area contributed by atoms with E-state index in [1.54, 1.807) is 0 Å².